The van der Waals surface area contributed by atoms with Crippen LogP contribution in [-0.2, 0) is 7.05 Å². The van der Waals surface area contributed by atoms with Gasteiger partial charge in [-0.25, -0.2) is 9.97 Å². The summed E-state index contributed by atoms with van der Waals surface area (Å²) in [6.45, 7) is 4.14. The van der Waals surface area contributed by atoms with Gasteiger partial charge in [-0.3, -0.25) is 9.58 Å². The van der Waals surface area contributed by atoms with Crippen LogP contribution in [0.2, 0.25) is 0 Å². The SMILES string of the molecule is Cn1cc(-c2nc3c(N4CC5CCC(C4)N5[C@H]4C[C@@](C)(C#N)C4)ccnc3[nH]2)cn1. The maximum absolute atomic E-state index is 9.39. The molecule has 8 heteroatoms. The van der Waals surface area contributed by atoms with Crippen molar-refractivity contribution in [2.24, 2.45) is 12.5 Å². The number of hydrogen-bond donors (Lipinski definition) is 1. The maximum Gasteiger partial charge on any atom is 0.159 e. The van der Waals surface area contributed by atoms with Gasteiger partial charge in [0.2, 0.25) is 0 Å². The van der Waals surface area contributed by atoms with Gasteiger partial charge >= 0.3 is 0 Å². The van der Waals surface area contributed by atoms with Crippen LogP contribution in [0.15, 0.2) is 24.7 Å². The van der Waals surface area contributed by atoms with E-state index < -0.39 is 0 Å². The van der Waals surface area contributed by atoms with Crippen molar-refractivity contribution < 1.29 is 0 Å². The maximum atomic E-state index is 9.39. The first-order valence-electron chi connectivity index (χ1n) is 10.8. The molecule has 2 atom stereocenters. The van der Waals surface area contributed by atoms with Gasteiger partial charge in [0.25, 0.3) is 0 Å². The van der Waals surface area contributed by atoms with Gasteiger partial charge in [0.05, 0.1) is 28.9 Å². The summed E-state index contributed by atoms with van der Waals surface area (Å²) in [5.41, 5.74) is 3.78. The molecule has 1 aliphatic carbocycles. The average molecular weight is 403 g/mol. The summed E-state index contributed by atoms with van der Waals surface area (Å²) < 4.78 is 1.78. The van der Waals surface area contributed by atoms with Gasteiger partial charge in [-0.05, 0) is 38.7 Å². The lowest BCUT2D eigenvalue weighted by molar-refractivity contribution is 0.00680. The highest BCUT2D eigenvalue weighted by atomic mass is 15.3. The molecule has 1 saturated carbocycles. The number of hydrogen-bond acceptors (Lipinski definition) is 6. The molecule has 0 aromatic carbocycles. The minimum absolute atomic E-state index is 0.115. The molecule has 1 N–H and O–H groups in total. The van der Waals surface area contributed by atoms with Crippen LogP contribution in [0.25, 0.3) is 22.6 Å². The number of nitrogens with one attached hydrogen (secondary N) is 1. The summed E-state index contributed by atoms with van der Waals surface area (Å²) in [7, 11) is 1.91. The van der Waals surface area contributed by atoms with E-state index >= 15 is 0 Å². The van der Waals surface area contributed by atoms with Crippen molar-refractivity contribution in [2.45, 2.75) is 50.7 Å². The Morgan fingerprint density at radius 1 is 1.20 bits per heavy atom. The lowest BCUT2D eigenvalue weighted by Gasteiger charge is -2.52. The van der Waals surface area contributed by atoms with Crippen LogP contribution in [0.4, 0.5) is 5.69 Å². The van der Waals surface area contributed by atoms with Crippen molar-refractivity contribution in [3.63, 3.8) is 0 Å². The molecular formula is C22H26N8. The predicted octanol–water partition coefficient (Wildman–Crippen LogP) is 2.70. The standard InChI is InChI=1S/C22H26N8/c1-22(13-23)7-17(8-22)30-15-3-4-16(30)12-29(11-15)18-5-6-24-21-19(18)26-20(27-21)14-9-25-28(2)10-14/h5-6,9-10,15-17H,3-4,7-8,11-12H2,1-2H3,(H,24,26,27)/t15?,16?,17-,22+. The molecule has 8 nitrogen and oxygen atoms in total. The molecule has 2 unspecified atom stereocenters. The molecule has 3 aliphatic rings. The first-order chi connectivity index (χ1) is 14.5. The zero-order chi connectivity index (χ0) is 20.5. The topological polar surface area (TPSA) is 89.7 Å². The first-order valence-corrected chi connectivity index (χ1v) is 10.8. The number of nitrogens with zero attached hydrogens (tertiary/aromatic N) is 7. The zero-order valence-corrected chi connectivity index (χ0v) is 17.4. The zero-order valence-electron chi connectivity index (χ0n) is 17.4. The number of anilines is 1. The molecule has 5 heterocycles. The van der Waals surface area contributed by atoms with Crippen molar-refractivity contribution in [1.29, 1.82) is 5.26 Å². The van der Waals surface area contributed by atoms with Crippen LogP contribution in [0.1, 0.15) is 32.6 Å². The van der Waals surface area contributed by atoms with E-state index in [-0.39, 0.29) is 5.41 Å². The number of aromatic nitrogens is 5. The molecule has 0 radical (unpaired) electrons. The highest BCUT2D eigenvalue weighted by Crippen LogP contribution is 2.47. The second kappa shape index (κ2) is 6.29. The van der Waals surface area contributed by atoms with Crippen molar-refractivity contribution in [2.75, 3.05) is 18.0 Å². The first kappa shape index (κ1) is 17.9. The van der Waals surface area contributed by atoms with Crippen LogP contribution in [0.3, 0.4) is 0 Å². The number of pyridine rings is 1. The van der Waals surface area contributed by atoms with Gasteiger partial charge in [0, 0.05) is 50.7 Å². The molecule has 6 rings (SSSR count). The average Bonchev–Trinajstić information content (AvgIpc) is 3.40. The van der Waals surface area contributed by atoms with E-state index in [1.54, 1.807) is 4.68 Å². The minimum Gasteiger partial charge on any atom is -0.366 e. The van der Waals surface area contributed by atoms with Crippen molar-refractivity contribution >= 4 is 16.9 Å². The number of H-pyrrole nitrogens is 1. The fourth-order valence-electron chi connectivity index (χ4n) is 5.84. The Hall–Kier alpha value is -2.92. The summed E-state index contributed by atoms with van der Waals surface area (Å²) in [5, 5.41) is 13.6. The van der Waals surface area contributed by atoms with Crippen LogP contribution < -0.4 is 4.90 Å². The third-order valence-corrected chi connectivity index (χ3v) is 7.28. The Bertz CT molecular complexity index is 1130. The Morgan fingerprint density at radius 3 is 2.63 bits per heavy atom. The van der Waals surface area contributed by atoms with Crippen LogP contribution in [0, 0.1) is 16.7 Å². The molecule has 2 saturated heterocycles. The number of fused-ring (bicyclic) bond motifs is 3. The van der Waals surface area contributed by atoms with Crippen LogP contribution >= 0.6 is 0 Å². The van der Waals surface area contributed by atoms with Gasteiger partial charge in [-0.1, -0.05) is 0 Å². The molecule has 3 fully saturated rings. The lowest BCUT2D eigenvalue weighted by atomic mass is 9.67. The molecule has 0 amide bonds. The van der Waals surface area contributed by atoms with Crippen molar-refractivity contribution in [1.82, 2.24) is 29.6 Å². The molecule has 0 spiro atoms. The van der Waals surface area contributed by atoms with E-state index in [1.165, 1.54) is 18.5 Å². The number of imidazole rings is 1. The van der Waals surface area contributed by atoms with Crippen LogP contribution in [-0.4, -0.2) is 60.8 Å². The third kappa shape index (κ3) is 2.65. The van der Waals surface area contributed by atoms with Crippen LogP contribution in [0.5, 0.6) is 0 Å². The molecule has 2 bridgehead atoms. The summed E-state index contributed by atoms with van der Waals surface area (Å²) in [4.78, 5) is 18.0. The van der Waals surface area contributed by atoms with E-state index in [9.17, 15) is 5.26 Å². The van der Waals surface area contributed by atoms with E-state index in [4.69, 9.17) is 4.98 Å². The Kier molecular flexibility index (Phi) is 3.75. The van der Waals surface area contributed by atoms with E-state index in [0.717, 1.165) is 48.5 Å². The number of nitriles is 1. The normalized spacial score (nSPS) is 31.1. The molecule has 30 heavy (non-hydrogen) atoms. The highest BCUT2D eigenvalue weighted by molar-refractivity contribution is 5.88. The minimum atomic E-state index is -0.115. The summed E-state index contributed by atoms with van der Waals surface area (Å²) in [5.74, 6) is 0.810. The summed E-state index contributed by atoms with van der Waals surface area (Å²) >= 11 is 0. The van der Waals surface area contributed by atoms with Crippen molar-refractivity contribution in [3.05, 3.63) is 24.7 Å². The lowest BCUT2D eigenvalue weighted by Crippen LogP contribution is -2.61. The summed E-state index contributed by atoms with van der Waals surface area (Å²) in [6, 6.07) is 6.32. The van der Waals surface area contributed by atoms with Gasteiger partial charge in [-0.2, -0.15) is 10.4 Å². The van der Waals surface area contributed by atoms with Gasteiger partial charge in [0.1, 0.15) is 11.3 Å². The predicted molar refractivity (Wildman–Crippen MR) is 114 cm³/mol. The fourth-order valence-corrected chi connectivity index (χ4v) is 5.84. The Morgan fingerprint density at radius 2 is 1.97 bits per heavy atom. The number of aromatic amines is 1. The Balaban J connectivity index is 1.27. The quantitative estimate of drug-likeness (QED) is 0.725. The molecule has 2 aliphatic heterocycles. The molecule has 3 aromatic rings. The number of aryl methyl sites for hydroxylation is 1. The second-order valence-corrected chi connectivity index (χ2v) is 9.49. The van der Waals surface area contributed by atoms with E-state index in [2.05, 4.69) is 43.9 Å². The molecule has 154 valence electrons. The number of piperazine rings is 1. The smallest absolute Gasteiger partial charge is 0.159 e. The monoisotopic (exact) mass is 402 g/mol. The Labute approximate surface area is 175 Å². The molecule has 3 aromatic heterocycles. The highest BCUT2D eigenvalue weighted by Gasteiger charge is 2.51. The molecular weight excluding hydrogens is 376 g/mol. The fraction of sp³-hybridized carbons (Fsp3) is 0.545. The van der Waals surface area contributed by atoms with E-state index in [1.807, 2.05) is 25.6 Å². The largest absolute Gasteiger partial charge is 0.366 e. The number of rotatable bonds is 3. The van der Waals surface area contributed by atoms with Gasteiger partial charge in [-0.15, -0.1) is 0 Å². The third-order valence-electron chi connectivity index (χ3n) is 7.28. The van der Waals surface area contributed by atoms with E-state index in [0.29, 0.717) is 18.1 Å². The summed E-state index contributed by atoms with van der Waals surface area (Å²) in [6.07, 6.45) is 10.2. The van der Waals surface area contributed by atoms with Crippen molar-refractivity contribution in [3.8, 4) is 17.5 Å². The second-order valence-electron chi connectivity index (χ2n) is 9.49. The van der Waals surface area contributed by atoms with Gasteiger partial charge in [0.15, 0.2) is 5.65 Å². The van der Waals surface area contributed by atoms with Gasteiger partial charge < -0.3 is 9.88 Å².